The molecule has 0 bridgehead atoms. The van der Waals surface area contributed by atoms with Gasteiger partial charge in [0.15, 0.2) is 15.6 Å². The van der Waals surface area contributed by atoms with Gasteiger partial charge in [0.25, 0.3) is 0 Å². The van der Waals surface area contributed by atoms with Crippen LogP contribution in [0.15, 0.2) is 24.3 Å². The summed E-state index contributed by atoms with van der Waals surface area (Å²) in [5.74, 6) is -0.779. The van der Waals surface area contributed by atoms with Gasteiger partial charge in [0.2, 0.25) is 4.21 Å². The summed E-state index contributed by atoms with van der Waals surface area (Å²) in [5, 5.41) is 0. The number of carbonyl (C=O) groups is 1. The smallest absolute Gasteiger partial charge is 0.207 e. The molecule has 0 unspecified atom stereocenters. The molecular weight excluding hydrogens is 274 g/mol. The van der Waals surface area contributed by atoms with E-state index in [1.807, 2.05) is 0 Å². The van der Waals surface area contributed by atoms with Crippen LogP contribution in [0.2, 0.25) is 0 Å². The number of halogens is 1. The summed E-state index contributed by atoms with van der Waals surface area (Å²) in [6, 6.07) is 6.04. The van der Waals surface area contributed by atoms with Gasteiger partial charge in [0, 0.05) is 17.0 Å². The van der Waals surface area contributed by atoms with E-state index in [2.05, 4.69) is 0 Å². The topological polar surface area (TPSA) is 77.2 Å². The molecule has 18 heavy (non-hydrogen) atoms. The van der Waals surface area contributed by atoms with Crippen molar-refractivity contribution in [2.24, 2.45) is 0 Å². The van der Waals surface area contributed by atoms with Gasteiger partial charge >= 0.3 is 0 Å². The molecule has 4 nitrogen and oxygen atoms in total. The Morgan fingerprint density at radius 1 is 1.28 bits per heavy atom. The number of rotatable bonds is 5. The molecule has 0 heterocycles. The maximum atomic E-state index is 12.3. The van der Waals surface area contributed by atoms with Gasteiger partial charge in [0.05, 0.1) is 0 Å². The van der Waals surface area contributed by atoms with Gasteiger partial charge in [0.1, 0.15) is 0 Å². The van der Waals surface area contributed by atoms with Crippen LogP contribution in [-0.2, 0) is 9.84 Å². The number of alkyl halides is 1. The Morgan fingerprint density at radius 2 is 1.78 bits per heavy atom. The first-order chi connectivity index (χ1) is 8.28. The standard InChI is InChI=1S/C12H16ClNO3S/c1-3-12(13,18(16,17)4-2)11(15)9-5-7-10(14)8-6-9/h5-8H,3-4,14H2,1-2H3/t12-/m0/s1. The average molecular weight is 290 g/mol. The molecule has 0 radical (unpaired) electrons. The third kappa shape index (κ3) is 2.52. The van der Waals surface area contributed by atoms with Crippen LogP contribution in [0.4, 0.5) is 5.69 Å². The van der Waals surface area contributed by atoms with E-state index in [4.69, 9.17) is 17.3 Å². The summed E-state index contributed by atoms with van der Waals surface area (Å²) in [4.78, 5) is 12.3. The van der Waals surface area contributed by atoms with Crippen LogP contribution in [0.3, 0.4) is 0 Å². The molecule has 0 spiro atoms. The van der Waals surface area contributed by atoms with E-state index in [0.717, 1.165) is 0 Å². The van der Waals surface area contributed by atoms with Crippen molar-refractivity contribution in [3.63, 3.8) is 0 Å². The number of nitrogens with two attached hydrogens (primary N) is 1. The monoisotopic (exact) mass is 289 g/mol. The molecule has 0 amide bonds. The van der Waals surface area contributed by atoms with Crippen molar-refractivity contribution in [3.05, 3.63) is 29.8 Å². The lowest BCUT2D eigenvalue weighted by Gasteiger charge is -2.23. The lowest BCUT2D eigenvalue weighted by atomic mass is 10.1. The number of anilines is 1. The van der Waals surface area contributed by atoms with E-state index in [-0.39, 0.29) is 17.7 Å². The van der Waals surface area contributed by atoms with E-state index in [9.17, 15) is 13.2 Å². The highest BCUT2D eigenvalue weighted by atomic mass is 35.5. The number of carbonyl (C=O) groups excluding carboxylic acids is 1. The molecule has 2 N–H and O–H groups in total. The molecule has 1 aromatic rings. The predicted molar refractivity (Wildman–Crippen MR) is 73.5 cm³/mol. The molecule has 0 saturated heterocycles. The number of nitrogen functional groups attached to an aromatic ring is 1. The van der Waals surface area contributed by atoms with Crippen LogP contribution in [0.25, 0.3) is 0 Å². The Labute approximate surface area is 112 Å². The Balaban J connectivity index is 3.26. The lowest BCUT2D eigenvalue weighted by Crippen LogP contribution is -2.41. The zero-order valence-corrected chi connectivity index (χ0v) is 11.9. The fraction of sp³-hybridized carbons (Fsp3) is 0.417. The number of benzene rings is 1. The average Bonchev–Trinajstić information content (AvgIpc) is 2.37. The van der Waals surface area contributed by atoms with Crippen LogP contribution in [0, 0.1) is 0 Å². The summed E-state index contributed by atoms with van der Waals surface area (Å²) >= 11 is 6.07. The third-order valence-electron chi connectivity index (χ3n) is 2.84. The second-order valence-electron chi connectivity index (χ2n) is 3.94. The minimum atomic E-state index is -3.68. The summed E-state index contributed by atoms with van der Waals surface area (Å²) in [7, 11) is -3.68. The van der Waals surface area contributed by atoms with E-state index in [0.29, 0.717) is 5.69 Å². The van der Waals surface area contributed by atoms with Gasteiger partial charge in [-0.05, 0) is 30.7 Å². The van der Waals surface area contributed by atoms with E-state index >= 15 is 0 Å². The fourth-order valence-corrected chi connectivity index (χ4v) is 3.33. The summed E-state index contributed by atoms with van der Waals surface area (Å²) in [6.07, 6.45) is 0.0218. The van der Waals surface area contributed by atoms with E-state index in [1.54, 1.807) is 19.1 Å². The number of Topliss-reactive ketones (excluding diaryl/α,β-unsaturated/α-hetero) is 1. The Morgan fingerprint density at radius 3 is 2.17 bits per heavy atom. The quantitative estimate of drug-likeness (QED) is 0.512. The first kappa shape index (κ1) is 15.0. The Kier molecular flexibility index (Phi) is 4.40. The van der Waals surface area contributed by atoms with Gasteiger partial charge in [-0.1, -0.05) is 25.4 Å². The molecule has 1 atom stereocenters. The highest BCUT2D eigenvalue weighted by Crippen LogP contribution is 2.32. The minimum Gasteiger partial charge on any atom is -0.399 e. The largest absolute Gasteiger partial charge is 0.399 e. The highest BCUT2D eigenvalue weighted by Gasteiger charge is 2.46. The van der Waals surface area contributed by atoms with E-state index in [1.165, 1.54) is 19.1 Å². The Bertz CT molecular complexity index is 539. The van der Waals surface area contributed by atoms with Crippen molar-refractivity contribution >= 4 is 32.9 Å². The molecule has 0 aromatic heterocycles. The fourth-order valence-electron chi connectivity index (χ4n) is 1.60. The van der Waals surface area contributed by atoms with Crippen LogP contribution in [0.5, 0.6) is 0 Å². The first-order valence-corrected chi connectivity index (χ1v) is 7.63. The number of sulfone groups is 1. The summed E-state index contributed by atoms with van der Waals surface area (Å²) < 4.78 is 22.0. The van der Waals surface area contributed by atoms with E-state index < -0.39 is 19.8 Å². The summed E-state index contributed by atoms with van der Waals surface area (Å²) in [5.41, 5.74) is 6.27. The van der Waals surface area contributed by atoms with Gasteiger partial charge in [-0.25, -0.2) is 8.42 Å². The minimum absolute atomic E-state index is 0.0218. The normalized spacial score (nSPS) is 15.1. The van der Waals surface area contributed by atoms with Gasteiger partial charge in [-0.3, -0.25) is 4.79 Å². The first-order valence-electron chi connectivity index (χ1n) is 5.60. The van der Waals surface area contributed by atoms with Crippen molar-refractivity contribution in [2.75, 3.05) is 11.5 Å². The van der Waals surface area contributed by atoms with Gasteiger partial charge in [-0.15, -0.1) is 0 Å². The molecule has 0 aliphatic heterocycles. The molecule has 1 rings (SSSR count). The number of ketones is 1. The van der Waals surface area contributed by atoms with Gasteiger partial charge in [-0.2, -0.15) is 0 Å². The van der Waals surface area contributed by atoms with Gasteiger partial charge < -0.3 is 5.73 Å². The van der Waals surface area contributed by atoms with Crippen molar-refractivity contribution in [2.45, 2.75) is 24.5 Å². The maximum absolute atomic E-state index is 12.3. The molecule has 0 saturated carbocycles. The van der Waals surface area contributed by atoms with Crippen molar-refractivity contribution in [1.29, 1.82) is 0 Å². The number of hydrogen-bond donors (Lipinski definition) is 1. The summed E-state index contributed by atoms with van der Waals surface area (Å²) in [6.45, 7) is 3.05. The third-order valence-corrected chi connectivity index (χ3v) is 6.20. The molecule has 0 fully saturated rings. The van der Waals surface area contributed by atoms with Crippen LogP contribution in [0.1, 0.15) is 30.6 Å². The molecule has 100 valence electrons. The second kappa shape index (κ2) is 5.28. The van der Waals surface area contributed by atoms with Crippen LogP contribution in [-0.4, -0.2) is 24.2 Å². The Hall–Kier alpha value is -1.07. The molecule has 0 aliphatic carbocycles. The van der Waals surface area contributed by atoms with Crippen molar-refractivity contribution < 1.29 is 13.2 Å². The lowest BCUT2D eigenvalue weighted by molar-refractivity contribution is 0.0970. The predicted octanol–water partition coefficient (Wildman–Crippen LogP) is 2.23. The molecule has 1 aromatic carbocycles. The molecule has 6 heteroatoms. The van der Waals surface area contributed by atoms with Crippen LogP contribution < -0.4 is 5.73 Å². The molecular formula is C12H16ClNO3S. The van der Waals surface area contributed by atoms with Crippen molar-refractivity contribution in [1.82, 2.24) is 0 Å². The zero-order valence-electron chi connectivity index (χ0n) is 10.3. The zero-order chi connectivity index (χ0) is 14.0. The van der Waals surface area contributed by atoms with Crippen LogP contribution >= 0.6 is 11.6 Å². The number of hydrogen-bond acceptors (Lipinski definition) is 4. The SMILES string of the molecule is CC[C@@](Cl)(C(=O)c1ccc(N)cc1)S(=O)(=O)CC. The molecule has 0 aliphatic rings. The highest BCUT2D eigenvalue weighted by molar-refractivity contribution is 7.95. The maximum Gasteiger partial charge on any atom is 0.207 e. The van der Waals surface area contributed by atoms with Crippen molar-refractivity contribution in [3.8, 4) is 0 Å². The second-order valence-corrected chi connectivity index (χ2v) is 7.31.